The quantitative estimate of drug-likeness (QED) is 0.386. The monoisotopic (exact) mass is 309 g/mol. The lowest BCUT2D eigenvalue weighted by atomic mass is 10.2. The van der Waals surface area contributed by atoms with E-state index in [1.807, 2.05) is 12.1 Å². The number of nitrogens with two attached hydrogens (primary N) is 1. The van der Waals surface area contributed by atoms with E-state index in [-0.39, 0.29) is 5.91 Å². The average molecular weight is 310 g/mol. The van der Waals surface area contributed by atoms with E-state index < -0.39 is 0 Å². The Morgan fingerprint density at radius 2 is 2.17 bits per heavy atom. The number of carbonyl (C=O) groups excluding carboxylic acids is 1. The molecule has 1 aromatic carbocycles. The molecule has 0 saturated carbocycles. The third-order valence-electron chi connectivity index (χ3n) is 2.97. The molecule has 2 aromatic rings. The Morgan fingerprint density at radius 3 is 2.94 bits per heavy atom. The van der Waals surface area contributed by atoms with Gasteiger partial charge in [-0.3, -0.25) is 10.2 Å². The molecule has 4 nitrogen and oxygen atoms in total. The lowest BCUT2D eigenvalue weighted by molar-refractivity contribution is -0.121. The number of nitrogens with one attached hydrogen (secondary N) is 1. The smallest absolute Gasteiger partial charge is 0.233 e. The van der Waals surface area contributed by atoms with Gasteiger partial charge in [0.1, 0.15) is 0 Å². The minimum Gasteiger partial charge on any atom is -0.347 e. The number of unbranched alkanes of at least 4 members (excludes halogenated alkanes) is 1. The van der Waals surface area contributed by atoms with Crippen molar-refractivity contribution in [2.75, 3.05) is 0 Å². The van der Waals surface area contributed by atoms with Crippen LogP contribution in [0.1, 0.15) is 19.3 Å². The first kappa shape index (κ1) is 13.1. The second-order valence-corrected chi connectivity index (χ2v) is 5.06. The van der Waals surface area contributed by atoms with E-state index in [1.165, 1.54) is 10.9 Å². The maximum absolute atomic E-state index is 11.0. The van der Waals surface area contributed by atoms with Gasteiger partial charge in [-0.1, -0.05) is 22.0 Å². The van der Waals surface area contributed by atoms with Crippen molar-refractivity contribution in [3.05, 3.63) is 34.9 Å². The van der Waals surface area contributed by atoms with Gasteiger partial charge in [-0.2, -0.15) is 0 Å². The highest BCUT2D eigenvalue weighted by Crippen LogP contribution is 2.24. The lowest BCUT2D eigenvalue weighted by Gasteiger charge is -2.05. The van der Waals surface area contributed by atoms with Gasteiger partial charge in [-0.25, -0.2) is 5.84 Å². The largest absolute Gasteiger partial charge is 0.347 e. The molecule has 0 aliphatic heterocycles. The summed E-state index contributed by atoms with van der Waals surface area (Å²) in [6.45, 7) is 0.914. The molecule has 0 aliphatic rings. The Bertz CT molecular complexity index is 550. The molecule has 1 heterocycles. The summed E-state index contributed by atoms with van der Waals surface area (Å²) in [5.41, 5.74) is 3.36. The molecule has 18 heavy (non-hydrogen) atoms. The second kappa shape index (κ2) is 6.02. The van der Waals surface area contributed by atoms with E-state index >= 15 is 0 Å². The molecule has 1 amide bonds. The molecule has 3 N–H and O–H groups in total. The van der Waals surface area contributed by atoms with Crippen LogP contribution in [-0.4, -0.2) is 10.5 Å². The fraction of sp³-hybridized carbons (Fsp3) is 0.308. The number of fused-ring (bicyclic) bond motifs is 1. The fourth-order valence-electron chi connectivity index (χ4n) is 2.02. The number of rotatable bonds is 5. The molecule has 0 saturated heterocycles. The summed E-state index contributed by atoms with van der Waals surface area (Å²) < 4.78 is 3.32. The van der Waals surface area contributed by atoms with Crippen molar-refractivity contribution >= 4 is 32.7 Å². The molecule has 1 aromatic heterocycles. The third-order valence-corrected chi connectivity index (χ3v) is 3.67. The predicted octanol–water partition coefficient (Wildman–Crippen LogP) is 2.56. The van der Waals surface area contributed by atoms with Crippen LogP contribution in [0.25, 0.3) is 10.9 Å². The van der Waals surface area contributed by atoms with Crippen molar-refractivity contribution < 1.29 is 4.79 Å². The summed E-state index contributed by atoms with van der Waals surface area (Å²) in [6, 6.07) is 8.28. The van der Waals surface area contributed by atoms with Crippen molar-refractivity contribution in [3.63, 3.8) is 0 Å². The van der Waals surface area contributed by atoms with Gasteiger partial charge in [0.25, 0.3) is 0 Å². The molecule has 0 spiro atoms. The number of halogens is 1. The number of amides is 1. The van der Waals surface area contributed by atoms with Gasteiger partial charge in [0.2, 0.25) is 5.91 Å². The van der Waals surface area contributed by atoms with E-state index in [2.05, 4.69) is 44.3 Å². The molecule has 0 unspecified atom stereocenters. The minimum atomic E-state index is -0.102. The number of hydrogen-bond donors (Lipinski definition) is 2. The number of hydrazine groups is 1. The van der Waals surface area contributed by atoms with Gasteiger partial charge < -0.3 is 4.57 Å². The van der Waals surface area contributed by atoms with Crippen LogP contribution in [0.4, 0.5) is 0 Å². The number of nitrogens with zero attached hydrogens (tertiary/aromatic N) is 1. The first-order chi connectivity index (χ1) is 8.72. The summed E-state index contributed by atoms with van der Waals surface area (Å²) in [6.07, 6.45) is 4.37. The predicted molar refractivity (Wildman–Crippen MR) is 75.8 cm³/mol. The summed E-state index contributed by atoms with van der Waals surface area (Å²) in [5.74, 6) is 4.93. The maximum Gasteiger partial charge on any atom is 0.233 e. The Morgan fingerprint density at radius 1 is 1.33 bits per heavy atom. The summed E-state index contributed by atoms with van der Waals surface area (Å²) >= 11 is 3.54. The second-order valence-electron chi connectivity index (χ2n) is 4.21. The van der Waals surface area contributed by atoms with Crippen LogP contribution >= 0.6 is 15.9 Å². The van der Waals surface area contributed by atoms with E-state index in [4.69, 9.17) is 5.84 Å². The van der Waals surface area contributed by atoms with Gasteiger partial charge >= 0.3 is 0 Å². The van der Waals surface area contributed by atoms with Crippen molar-refractivity contribution in [3.8, 4) is 0 Å². The Balaban J connectivity index is 1.96. The van der Waals surface area contributed by atoms with Crippen molar-refractivity contribution in [2.24, 2.45) is 5.84 Å². The molecule has 0 aliphatic carbocycles. The number of aryl methyl sites for hydroxylation is 1. The van der Waals surface area contributed by atoms with Crippen LogP contribution in [-0.2, 0) is 11.3 Å². The molecule has 0 atom stereocenters. The van der Waals surface area contributed by atoms with Gasteiger partial charge in [0.15, 0.2) is 0 Å². The third kappa shape index (κ3) is 2.91. The molecule has 5 heteroatoms. The van der Waals surface area contributed by atoms with Crippen molar-refractivity contribution in [2.45, 2.75) is 25.8 Å². The van der Waals surface area contributed by atoms with Crippen LogP contribution in [0.15, 0.2) is 34.9 Å². The van der Waals surface area contributed by atoms with Crippen molar-refractivity contribution in [1.29, 1.82) is 0 Å². The molecule has 0 fully saturated rings. The van der Waals surface area contributed by atoms with Gasteiger partial charge in [0, 0.05) is 34.5 Å². The minimum absolute atomic E-state index is 0.102. The zero-order chi connectivity index (χ0) is 13.0. The van der Waals surface area contributed by atoms with Crippen LogP contribution < -0.4 is 11.3 Å². The van der Waals surface area contributed by atoms with Gasteiger partial charge in [-0.05, 0) is 31.0 Å². The molecule has 0 bridgehead atoms. The highest BCUT2D eigenvalue weighted by molar-refractivity contribution is 9.10. The van der Waals surface area contributed by atoms with E-state index in [0.717, 1.165) is 23.9 Å². The average Bonchev–Trinajstić information content (AvgIpc) is 2.79. The lowest BCUT2D eigenvalue weighted by Crippen LogP contribution is -2.29. The first-order valence-electron chi connectivity index (χ1n) is 5.95. The van der Waals surface area contributed by atoms with Gasteiger partial charge in [-0.15, -0.1) is 0 Å². The molecule has 0 radical (unpaired) electrons. The SMILES string of the molecule is NNC(=O)CCCCn1ccc2c(Br)cccc21. The van der Waals surface area contributed by atoms with Crippen LogP contribution in [0.3, 0.4) is 0 Å². The van der Waals surface area contributed by atoms with E-state index in [0.29, 0.717) is 6.42 Å². The number of carbonyl (C=O) groups is 1. The fourth-order valence-corrected chi connectivity index (χ4v) is 2.51. The van der Waals surface area contributed by atoms with E-state index in [9.17, 15) is 4.79 Å². The summed E-state index contributed by atoms with van der Waals surface area (Å²) in [5, 5.41) is 1.22. The number of benzene rings is 1. The summed E-state index contributed by atoms with van der Waals surface area (Å²) in [7, 11) is 0. The highest BCUT2D eigenvalue weighted by atomic mass is 79.9. The zero-order valence-corrected chi connectivity index (χ0v) is 11.6. The highest BCUT2D eigenvalue weighted by Gasteiger charge is 2.04. The van der Waals surface area contributed by atoms with Gasteiger partial charge in [0.05, 0.1) is 0 Å². The topological polar surface area (TPSA) is 60.0 Å². The number of aromatic nitrogens is 1. The molecule has 2 rings (SSSR count). The molecular formula is C13H16BrN3O. The van der Waals surface area contributed by atoms with Crippen molar-refractivity contribution in [1.82, 2.24) is 9.99 Å². The normalized spacial score (nSPS) is 10.8. The Hall–Kier alpha value is -1.33. The van der Waals surface area contributed by atoms with E-state index in [1.54, 1.807) is 0 Å². The molecule has 96 valence electrons. The Kier molecular flexibility index (Phi) is 4.38. The van der Waals surface area contributed by atoms with Crippen LogP contribution in [0.2, 0.25) is 0 Å². The summed E-state index contributed by atoms with van der Waals surface area (Å²) in [4.78, 5) is 11.0. The Labute approximate surface area is 114 Å². The van der Waals surface area contributed by atoms with Crippen LogP contribution in [0, 0.1) is 0 Å². The molecular weight excluding hydrogens is 294 g/mol. The number of hydrogen-bond acceptors (Lipinski definition) is 2. The zero-order valence-electron chi connectivity index (χ0n) is 10.0. The maximum atomic E-state index is 11.0. The first-order valence-corrected chi connectivity index (χ1v) is 6.74. The van der Waals surface area contributed by atoms with Crippen LogP contribution in [0.5, 0.6) is 0 Å². The standard InChI is InChI=1S/C13H16BrN3O/c14-11-4-3-5-12-10(11)7-9-17(12)8-2-1-6-13(18)16-15/h3-5,7,9H,1-2,6,8,15H2,(H,16,18).